The number of rotatable bonds is 1. The smallest absolute Gasteiger partial charge is 0.303 e. The van der Waals surface area contributed by atoms with E-state index in [4.69, 9.17) is 0 Å². The average Bonchev–Trinajstić information content (AvgIpc) is 2.63. The number of aromatic nitrogens is 2. The van der Waals surface area contributed by atoms with Crippen LogP contribution in [0.25, 0.3) is 5.69 Å². The largest absolute Gasteiger partial charge is 0.416 e. The van der Waals surface area contributed by atoms with Crippen molar-refractivity contribution in [2.75, 3.05) is 0 Å². The maximum absolute atomic E-state index is 12.5. The fourth-order valence-corrected chi connectivity index (χ4v) is 2.08. The Hall–Kier alpha value is -1.30. The van der Waals surface area contributed by atoms with Crippen LogP contribution in [0.3, 0.4) is 0 Å². The third-order valence-electron chi connectivity index (χ3n) is 2.36. The molecular weight excluding hydrogens is 297 g/mol. The van der Waals surface area contributed by atoms with Crippen molar-refractivity contribution in [3.63, 3.8) is 0 Å². The van der Waals surface area contributed by atoms with E-state index in [1.807, 2.05) is 0 Å². The quantitative estimate of drug-likeness (QED) is 0.780. The van der Waals surface area contributed by atoms with Gasteiger partial charge in [0.25, 0.3) is 0 Å². The first kappa shape index (κ1) is 12.2. The number of hydrogen-bond donors (Lipinski definition) is 0. The second-order valence-electron chi connectivity index (χ2n) is 3.51. The van der Waals surface area contributed by atoms with Gasteiger partial charge in [-0.2, -0.15) is 13.2 Å². The van der Waals surface area contributed by atoms with Crippen LogP contribution in [0.1, 0.15) is 11.4 Å². The van der Waals surface area contributed by atoms with Crippen LogP contribution >= 0.6 is 15.9 Å². The Bertz CT molecular complexity index is 546. The number of nitrogens with zero attached hydrogens (tertiary/aromatic N) is 2. The summed E-state index contributed by atoms with van der Waals surface area (Å²) in [7, 11) is 0. The molecule has 2 rings (SSSR count). The van der Waals surface area contributed by atoms with Gasteiger partial charge < -0.3 is 4.57 Å². The number of imidazole rings is 1. The van der Waals surface area contributed by atoms with Gasteiger partial charge in [0.1, 0.15) is 5.82 Å². The second kappa shape index (κ2) is 4.18. The van der Waals surface area contributed by atoms with Gasteiger partial charge in [-0.1, -0.05) is 0 Å². The summed E-state index contributed by atoms with van der Waals surface area (Å²) in [6, 6.07) is 3.54. The zero-order valence-electron chi connectivity index (χ0n) is 8.79. The van der Waals surface area contributed by atoms with Gasteiger partial charge in [0.15, 0.2) is 0 Å². The molecule has 0 aliphatic carbocycles. The minimum atomic E-state index is -4.33. The Balaban J connectivity index is 2.50. The highest BCUT2D eigenvalue weighted by Gasteiger charge is 2.30. The van der Waals surface area contributed by atoms with Gasteiger partial charge in [-0.05, 0) is 41.1 Å². The monoisotopic (exact) mass is 304 g/mol. The van der Waals surface area contributed by atoms with Crippen LogP contribution < -0.4 is 0 Å². The van der Waals surface area contributed by atoms with Crippen molar-refractivity contribution in [2.45, 2.75) is 13.1 Å². The van der Waals surface area contributed by atoms with Crippen molar-refractivity contribution in [1.29, 1.82) is 0 Å². The van der Waals surface area contributed by atoms with E-state index in [9.17, 15) is 13.2 Å². The van der Waals surface area contributed by atoms with Crippen LogP contribution in [0, 0.1) is 6.92 Å². The molecule has 0 atom stereocenters. The van der Waals surface area contributed by atoms with E-state index in [2.05, 4.69) is 20.9 Å². The predicted octanol–water partition coefficient (Wildman–Crippen LogP) is 3.96. The van der Waals surface area contributed by atoms with Gasteiger partial charge in [0.2, 0.25) is 0 Å². The van der Waals surface area contributed by atoms with Crippen LogP contribution in [0.5, 0.6) is 0 Å². The van der Waals surface area contributed by atoms with E-state index in [0.717, 1.165) is 12.1 Å². The summed E-state index contributed by atoms with van der Waals surface area (Å²) in [5.41, 5.74) is -0.0427. The maximum Gasteiger partial charge on any atom is 0.416 e. The lowest BCUT2D eigenvalue weighted by molar-refractivity contribution is -0.137. The molecule has 1 aromatic heterocycles. The SMILES string of the molecule is Cc1nccn1-c1ccc(C(F)(F)F)cc1Br. The van der Waals surface area contributed by atoms with Crippen LogP contribution in [0.2, 0.25) is 0 Å². The number of hydrogen-bond acceptors (Lipinski definition) is 1. The minimum absolute atomic E-state index is 0.383. The van der Waals surface area contributed by atoms with Crippen molar-refractivity contribution in [1.82, 2.24) is 9.55 Å². The van der Waals surface area contributed by atoms with Crippen LogP contribution in [-0.2, 0) is 6.18 Å². The zero-order chi connectivity index (χ0) is 12.6. The summed E-state index contributed by atoms with van der Waals surface area (Å²) in [4.78, 5) is 4.03. The molecule has 0 amide bonds. The Morgan fingerprint density at radius 1 is 1.29 bits per heavy atom. The van der Waals surface area contributed by atoms with Gasteiger partial charge in [0.05, 0.1) is 11.3 Å². The summed E-state index contributed by atoms with van der Waals surface area (Å²) in [5, 5.41) is 0. The standard InChI is InChI=1S/C11H8BrF3N2/c1-7-16-4-5-17(7)10-3-2-8(6-9(10)12)11(13,14)15/h2-6H,1H3. The van der Waals surface area contributed by atoms with Gasteiger partial charge in [-0.25, -0.2) is 4.98 Å². The van der Waals surface area contributed by atoms with E-state index >= 15 is 0 Å². The Morgan fingerprint density at radius 2 is 2.00 bits per heavy atom. The van der Waals surface area contributed by atoms with Crippen molar-refractivity contribution >= 4 is 15.9 Å². The predicted molar refractivity (Wildman–Crippen MR) is 61.0 cm³/mol. The molecule has 0 saturated heterocycles. The molecule has 2 nitrogen and oxygen atoms in total. The van der Waals surface area contributed by atoms with E-state index in [0.29, 0.717) is 16.0 Å². The van der Waals surface area contributed by atoms with Crippen molar-refractivity contribution in [2.24, 2.45) is 0 Å². The number of alkyl halides is 3. The van der Waals surface area contributed by atoms with Crippen molar-refractivity contribution < 1.29 is 13.2 Å². The van der Waals surface area contributed by atoms with Crippen LogP contribution in [-0.4, -0.2) is 9.55 Å². The summed E-state index contributed by atoms with van der Waals surface area (Å²) >= 11 is 3.15. The summed E-state index contributed by atoms with van der Waals surface area (Å²) < 4.78 is 39.5. The second-order valence-corrected chi connectivity index (χ2v) is 4.36. The fourth-order valence-electron chi connectivity index (χ4n) is 1.51. The molecule has 0 radical (unpaired) electrons. The molecule has 17 heavy (non-hydrogen) atoms. The van der Waals surface area contributed by atoms with Crippen molar-refractivity contribution in [3.8, 4) is 5.69 Å². The van der Waals surface area contributed by atoms with Crippen LogP contribution in [0.15, 0.2) is 35.1 Å². The molecule has 0 aliphatic heterocycles. The van der Waals surface area contributed by atoms with Gasteiger partial charge in [-0.3, -0.25) is 0 Å². The molecule has 0 fully saturated rings. The third kappa shape index (κ3) is 2.36. The Labute approximate surface area is 104 Å². The van der Waals surface area contributed by atoms with Gasteiger partial charge >= 0.3 is 6.18 Å². The molecule has 1 aromatic carbocycles. The normalized spacial score (nSPS) is 11.8. The Kier molecular flexibility index (Phi) is 2.99. The molecule has 0 bridgehead atoms. The van der Waals surface area contributed by atoms with Crippen molar-refractivity contribution in [3.05, 3.63) is 46.5 Å². The molecule has 0 spiro atoms. The van der Waals surface area contributed by atoms with E-state index < -0.39 is 11.7 Å². The van der Waals surface area contributed by atoms with Crippen LogP contribution in [0.4, 0.5) is 13.2 Å². The van der Waals surface area contributed by atoms with E-state index in [-0.39, 0.29) is 0 Å². The first-order chi connectivity index (χ1) is 7.89. The highest BCUT2D eigenvalue weighted by Crippen LogP contribution is 2.33. The maximum atomic E-state index is 12.5. The van der Waals surface area contributed by atoms with Gasteiger partial charge in [-0.15, -0.1) is 0 Å². The molecule has 0 N–H and O–H groups in total. The highest BCUT2D eigenvalue weighted by atomic mass is 79.9. The van der Waals surface area contributed by atoms with E-state index in [1.165, 1.54) is 6.07 Å². The molecule has 90 valence electrons. The summed E-state index contributed by atoms with van der Waals surface area (Å²) in [6.07, 6.45) is -1.03. The molecule has 2 aromatic rings. The lowest BCUT2D eigenvalue weighted by atomic mass is 10.2. The third-order valence-corrected chi connectivity index (χ3v) is 3.00. The Morgan fingerprint density at radius 3 is 2.47 bits per heavy atom. The zero-order valence-corrected chi connectivity index (χ0v) is 10.4. The molecule has 0 saturated carbocycles. The lowest BCUT2D eigenvalue weighted by Gasteiger charge is -2.11. The molecule has 0 unspecified atom stereocenters. The summed E-state index contributed by atoms with van der Waals surface area (Å²) in [5.74, 6) is 0.713. The average molecular weight is 305 g/mol. The lowest BCUT2D eigenvalue weighted by Crippen LogP contribution is -2.06. The number of halogens is 4. The number of aryl methyl sites for hydroxylation is 1. The molecule has 0 aliphatic rings. The first-order valence-electron chi connectivity index (χ1n) is 4.76. The first-order valence-corrected chi connectivity index (χ1v) is 5.56. The number of benzene rings is 1. The topological polar surface area (TPSA) is 17.8 Å². The highest BCUT2D eigenvalue weighted by molar-refractivity contribution is 9.10. The minimum Gasteiger partial charge on any atom is -0.303 e. The molecule has 1 heterocycles. The fraction of sp³-hybridized carbons (Fsp3) is 0.182. The molecular formula is C11H8BrF3N2. The van der Waals surface area contributed by atoms with E-state index in [1.54, 1.807) is 23.9 Å². The summed E-state index contributed by atoms with van der Waals surface area (Å²) in [6.45, 7) is 1.78. The van der Waals surface area contributed by atoms with Gasteiger partial charge in [0, 0.05) is 16.9 Å². The molecule has 6 heteroatoms.